The van der Waals surface area contributed by atoms with Crippen molar-refractivity contribution in [3.63, 3.8) is 0 Å². The monoisotopic (exact) mass is 281 g/mol. The van der Waals surface area contributed by atoms with Crippen LogP contribution in [0.5, 0.6) is 5.75 Å². The van der Waals surface area contributed by atoms with E-state index in [0.717, 1.165) is 12.1 Å². The Morgan fingerprint density at radius 3 is 2.83 bits per heavy atom. The van der Waals surface area contributed by atoms with Crippen LogP contribution in [0.4, 0.5) is 0 Å². The summed E-state index contributed by atoms with van der Waals surface area (Å²) < 4.78 is 5.13. The van der Waals surface area contributed by atoms with Crippen molar-refractivity contribution in [2.75, 3.05) is 7.11 Å². The van der Waals surface area contributed by atoms with E-state index in [-0.39, 0.29) is 0 Å². The number of hydrogen-bond donors (Lipinski definition) is 1. The Labute approximate surface area is 117 Å². The van der Waals surface area contributed by atoms with Gasteiger partial charge in [0, 0.05) is 17.5 Å². The van der Waals surface area contributed by atoms with Crippen LogP contribution in [0.15, 0.2) is 35.7 Å². The summed E-state index contributed by atoms with van der Waals surface area (Å²) in [5.74, 6) is 0.715. The van der Waals surface area contributed by atoms with Crippen molar-refractivity contribution in [1.82, 2.24) is 5.32 Å². The number of ether oxygens (including phenoxy) is 1. The Kier molecular flexibility index (Phi) is 4.64. The molecule has 2 nitrogen and oxygen atoms in total. The number of halogens is 1. The molecule has 4 heteroatoms. The highest BCUT2D eigenvalue weighted by atomic mass is 35.5. The summed E-state index contributed by atoms with van der Waals surface area (Å²) in [6.07, 6.45) is 0. The Bertz CT molecular complexity index is 499. The molecule has 1 aromatic carbocycles. The Balaban J connectivity index is 1.96. The van der Waals surface area contributed by atoms with E-state index in [9.17, 15) is 0 Å². The summed E-state index contributed by atoms with van der Waals surface area (Å²) in [6.45, 7) is 2.96. The Hall–Kier alpha value is -1.03. The van der Waals surface area contributed by atoms with Gasteiger partial charge in [0.15, 0.2) is 0 Å². The SMILES string of the molecule is COc1ccc(CN[C@@H](C)c2cccs2)cc1Cl. The first-order valence-corrected chi connectivity index (χ1v) is 7.05. The third kappa shape index (κ3) is 3.25. The number of methoxy groups -OCH3 is 1. The topological polar surface area (TPSA) is 21.3 Å². The molecule has 0 amide bonds. The maximum Gasteiger partial charge on any atom is 0.137 e. The third-order valence-electron chi connectivity index (χ3n) is 2.80. The molecule has 0 aliphatic heterocycles. The second kappa shape index (κ2) is 6.23. The lowest BCUT2D eigenvalue weighted by atomic mass is 10.2. The van der Waals surface area contributed by atoms with E-state index in [1.807, 2.05) is 18.2 Å². The summed E-state index contributed by atoms with van der Waals surface area (Å²) in [5, 5.41) is 6.23. The van der Waals surface area contributed by atoms with E-state index in [2.05, 4.69) is 29.8 Å². The fourth-order valence-corrected chi connectivity index (χ4v) is 2.77. The minimum Gasteiger partial charge on any atom is -0.495 e. The van der Waals surface area contributed by atoms with Crippen LogP contribution in [0.3, 0.4) is 0 Å². The van der Waals surface area contributed by atoms with Gasteiger partial charge in [-0.05, 0) is 36.1 Å². The van der Waals surface area contributed by atoms with Crippen LogP contribution in [0.25, 0.3) is 0 Å². The van der Waals surface area contributed by atoms with E-state index in [0.29, 0.717) is 16.8 Å². The van der Waals surface area contributed by atoms with E-state index in [1.54, 1.807) is 18.4 Å². The maximum atomic E-state index is 6.09. The van der Waals surface area contributed by atoms with Gasteiger partial charge in [0.2, 0.25) is 0 Å². The predicted octanol–water partition coefficient (Wildman–Crippen LogP) is 4.26. The molecule has 1 N–H and O–H groups in total. The first-order chi connectivity index (χ1) is 8.70. The second-order valence-corrected chi connectivity index (χ2v) is 5.47. The number of thiophene rings is 1. The molecule has 96 valence electrons. The van der Waals surface area contributed by atoms with Crippen LogP contribution in [-0.2, 0) is 6.54 Å². The zero-order valence-electron chi connectivity index (χ0n) is 10.4. The molecular weight excluding hydrogens is 266 g/mol. The summed E-state index contributed by atoms with van der Waals surface area (Å²) in [4.78, 5) is 1.34. The molecule has 18 heavy (non-hydrogen) atoms. The summed E-state index contributed by atoms with van der Waals surface area (Å²) >= 11 is 7.86. The molecule has 0 bridgehead atoms. The van der Waals surface area contributed by atoms with Crippen LogP contribution in [-0.4, -0.2) is 7.11 Å². The summed E-state index contributed by atoms with van der Waals surface area (Å²) in [6, 6.07) is 10.4. The van der Waals surface area contributed by atoms with Crippen molar-refractivity contribution in [2.45, 2.75) is 19.5 Å². The van der Waals surface area contributed by atoms with Crippen molar-refractivity contribution >= 4 is 22.9 Å². The normalized spacial score (nSPS) is 12.4. The lowest BCUT2D eigenvalue weighted by Gasteiger charge is -2.13. The fraction of sp³-hybridized carbons (Fsp3) is 0.286. The van der Waals surface area contributed by atoms with Crippen molar-refractivity contribution < 1.29 is 4.74 Å². The first-order valence-electron chi connectivity index (χ1n) is 5.80. The molecule has 1 atom stereocenters. The van der Waals surface area contributed by atoms with E-state index in [1.165, 1.54) is 4.88 Å². The Morgan fingerprint density at radius 2 is 2.22 bits per heavy atom. The number of rotatable bonds is 5. The molecule has 0 unspecified atom stereocenters. The first kappa shape index (κ1) is 13.4. The van der Waals surface area contributed by atoms with Crippen LogP contribution < -0.4 is 10.1 Å². The van der Waals surface area contributed by atoms with Crippen LogP contribution in [0.2, 0.25) is 5.02 Å². The van der Waals surface area contributed by atoms with E-state index < -0.39 is 0 Å². The quantitative estimate of drug-likeness (QED) is 0.884. The minimum atomic E-state index is 0.353. The van der Waals surface area contributed by atoms with Gasteiger partial charge in [-0.25, -0.2) is 0 Å². The predicted molar refractivity (Wildman–Crippen MR) is 77.6 cm³/mol. The van der Waals surface area contributed by atoms with E-state index >= 15 is 0 Å². The van der Waals surface area contributed by atoms with Crippen LogP contribution in [0, 0.1) is 0 Å². The standard InChI is InChI=1S/C14H16ClNOS/c1-10(14-4-3-7-18-14)16-9-11-5-6-13(17-2)12(15)8-11/h3-8,10,16H,9H2,1-2H3/t10-/m0/s1. The largest absolute Gasteiger partial charge is 0.495 e. The molecule has 0 fully saturated rings. The molecule has 0 aliphatic carbocycles. The highest BCUT2D eigenvalue weighted by Gasteiger charge is 2.06. The average Bonchev–Trinajstić information content (AvgIpc) is 2.90. The highest BCUT2D eigenvalue weighted by Crippen LogP contribution is 2.25. The van der Waals surface area contributed by atoms with Gasteiger partial charge < -0.3 is 10.1 Å². The highest BCUT2D eigenvalue weighted by molar-refractivity contribution is 7.10. The molecule has 0 aliphatic rings. The van der Waals surface area contributed by atoms with Crippen LogP contribution >= 0.6 is 22.9 Å². The van der Waals surface area contributed by atoms with Gasteiger partial charge in [-0.1, -0.05) is 23.7 Å². The summed E-state index contributed by atoms with van der Waals surface area (Å²) in [5.41, 5.74) is 1.16. The zero-order chi connectivity index (χ0) is 13.0. The van der Waals surface area contributed by atoms with Crippen LogP contribution in [0.1, 0.15) is 23.4 Å². The smallest absolute Gasteiger partial charge is 0.137 e. The third-order valence-corrected chi connectivity index (χ3v) is 4.15. The number of benzene rings is 1. The second-order valence-electron chi connectivity index (χ2n) is 4.09. The molecule has 1 heterocycles. The van der Waals surface area contributed by atoms with Crippen molar-refractivity contribution in [1.29, 1.82) is 0 Å². The molecule has 2 aromatic rings. The lowest BCUT2D eigenvalue weighted by Crippen LogP contribution is -2.17. The van der Waals surface area contributed by atoms with Gasteiger partial charge in [-0.15, -0.1) is 11.3 Å². The molecular formula is C14H16ClNOS. The lowest BCUT2D eigenvalue weighted by molar-refractivity contribution is 0.415. The maximum absolute atomic E-state index is 6.09. The van der Waals surface area contributed by atoms with Gasteiger partial charge in [-0.3, -0.25) is 0 Å². The molecule has 2 rings (SSSR count). The minimum absolute atomic E-state index is 0.353. The number of nitrogens with one attached hydrogen (secondary N) is 1. The van der Waals surface area contributed by atoms with Crippen molar-refractivity contribution in [3.05, 3.63) is 51.2 Å². The number of hydrogen-bond acceptors (Lipinski definition) is 3. The van der Waals surface area contributed by atoms with Gasteiger partial charge in [0.1, 0.15) is 5.75 Å². The van der Waals surface area contributed by atoms with Crippen molar-refractivity contribution in [3.8, 4) is 5.75 Å². The van der Waals surface area contributed by atoms with Gasteiger partial charge >= 0.3 is 0 Å². The fourth-order valence-electron chi connectivity index (χ4n) is 1.73. The summed E-state index contributed by atoms with van der Waals surface area (Å²) in [7, 11) is 1.62. The zero-order valence-corrected chi connectivity index (χ0v) is 12.0. The van der Waals surface area contributed by atoms with Gasteiger partial charge in [0.05, 0.1) is 12.1 Å². The molecule has 0 radical (unpaired) electrons. The van der Waals surface area contributed by atoms with Gasteiger partial charge in [0.25, 0.3) is 0 Å². The van der Waals surface area contributed by atoms with Gasteiger partial charge in [-0.2, -0.15) is 0 Å². The Morgan fingerprint density at radius 1 is 1.39 bits per heavy atom. The molecule has 0 saturated carbocycles. The molecule has 1 aromatic heterocycles. The van der Waals surface area contributed by atoms with E-state index in [4.69, 9.17) is 16.3 Å². The molecule has 0 spiro atoms. The average molecular weight is 282 g/mol. The molecule has 0 saturated heterocycles. The van der Waals surface area contributed by atoms with Crippen molar-refractivity contribution in [2.24, 2.45) is 0 Å².